The second kappa shape index (κ2) is 5.54. The summed E-state index contributed by atoms with van der Waals surface area (Å²) in [5.74, 6) is 1.35. The molecule has 0 aliphatic rings. The zero-order chi connectivity index (χ0) is 11.3. The van der Waals surface area contributed by atoms with Gasteiger partial charge in [-0.3, -0.25) is 4.79 Å². The summed E-state index contributed by atoms with van der Waals surface area (Å²) in [4.78, 5) is 10.8. The van der Waals surface area contributed by atoms with Gasteiger partial charge in [0.1, 0.15) is 12.4 Å². The first-order chi connectivity index (χ1) is 7.15. The molecule has 0 aromatic heterocycles. The lowest BCUT2D eigenvalue weighted by Crippen LogP contribution is -2.08. The summed E-state index contributed by atoms with van der Waals surface area (Å²) in [6.07, 6.45) is 1.07. The van der Waals surface area contributed by atoms with E-state index in [4.69, 9.17) is 4.74 Å². The van der Waals surface area contributed by atoms with Gasteiger partial charge in [0.2, 0.25) is 0 Å². The highest BCUT2D eigenvalue weighted by Crippen LogP contribution is 2.28. The first kappa shape index (κ1) is 11.8. The van der Waals surface area contributed by atoms with Crippen molar-refractivity contribution >= 4 is 5.78 Å². The molecule has 0 aliphatic heterocycles. The zero-order valence-corrected chi connectivity index (χ0v) is 9.62. The predicted molar refractivity (Wildman–Crippen MR) is 61.3 cm³/mol. The van der Waals surface area contributed by atoms with Gasteiger partial charge in [-0.2, -0.15) is 0 Å². The number of Topliss-reactive ketones (excluding diaryl/α,β-unsaturated/α-hetero) is 1. The van der Waals surface area contributed by atoms with Crippen LogP contribution in [0.5, 0.6) is 5.75 Å². The van der Waals surface area contributed by atoms with E-state index in [0.717, 1.165) is 12.2 Å². The lowest BCUT2D eigenvalue weighted by atomic mass is 9.98. The van der Waals surface area contributed by atoms with Crippen molar-refractivity contribution in [3.05, 3.63) is 29.8 Å². The highest BCUT2D eigenvalue weighted by Gasteiger charge is 2.09. The number of carbonyl (C=O) groups is 1. The van der Waals surface area contributed by atoms with Crippen molar-refractivity contribution in [2.75, 3.05) is 6.61 Å². The molecule has 1 aromatic rings. The van der Waals surface area contributed by atoms with E-state index in [2.05, 4.69) is 19.9 Å². The number of ketones is 1. The first-order valence-corrected chi connectivity index (χ1v) is 5.36. The first-order valence-electron chi connectivity index (χ1n) is 5.36. The number of hydrogen-bond donors (Lipinski definition) is 0. The van der Waals surface area contributed by atoms with Gasteiger partial charge in [-0.05, 0) is 30.9 Å². The maximum atomic E-state index is 10.8. The van der Waals surface area contributed by atoms with Gasteiger partial charge in [-0.15, -0.1) is 0 Å². The van der Waals surface area contributed by atoms with Crippen LogP contribution in [0.25, 0.3) is 0 Å². The molecule has 1 aromatic carbocycles. The van der Waals surface area contributed by atoms with Gasteiger partial charge in [0.05, 0.1) is 0 Å². The maximum Gasteiger partial charge on any atom is 0.167 e. The Labute approximate surface area is 91.3 Å². The molecule has 2 nitrogen and oxygen atoms in total. The van der Waals surface area contributed by atoms with Crippen LogP contribution in [0.3, 0.4) is 0 Å². The normalized spacial score (nSPS) is 12.2. The van der Waals surface area contributed by atoms with Crippen molar-refractivity contribution in [2.24, 2.45) is 0 Å². The molecule has 0 saturated heterocycles. The number of rotatable bonds is 5. The molecule has 0 aliphatic carbocycles. The quantitative estimate of drug-likeness (QED) is 0.739. The molecule has 1 rings (SSSR count). The van der Waals surface area contributed by atoms with Gasteiger partial charge in [0, 0.05) is 0 Å². The third kappa shape index (κ3) is 3.39. The zero-order valence-electron chi connectivity index (χ0n) is 9.62. The third-order valence-corrected chi connectivity index (χ3v) is 2.49. The summed E-state index contributed by atoms with van der Waals surface area (Å²) in [6.45, 7) is 6.00. The van der Waals surface area contributed by atoms with Crippen molar-refractivity contribution in [2.45, 2.75) is 33.1 Å². The third-order valence-electron chi connectivity index (χ3n) is 2.49. The summed E-state index contributed by atoms with van der Waals surface area (Å²) in [7, 11) is 0. The van der Waals surface area contributed by atoms with Crippen molar-refractivity contribution in [3.63, 3.8) is 0 Å². The van der Waals surface area contributed by atoms with E-state index in [9.17, 15) is 4.79 Å². The standard InChI is InChI=1S/C13H18O2/c1-4-10(2)12-7-5-6-8-13(12)15-9-11(3)14/h5-8,10H,4,9H2,1-3H3. The van der Waals surface area contributed by atoms with Crippen molar-refractivity contribution in [3.8, 4) is 5.75 Å². The molecule has 1 atom stereocenters. The molecule has 0 fully saturated rings. The van der Waals surface area contributed by atoms with E-state index in [0.29, 0.717) is 5.92 Å². The molecule has 0 heterocycles. The molecular weight excluding hydrogens is 188 g/mol. The Balaban J connectivity index is 2.81. The number of para-hydroxylation sites is 1. The average Bonchev–Trinajstić information content (AvgIpc) is 2.25. The van der Waals surface area contributed by atoms with E-state index in [1.165, 1.54) is 12.5 Å². The minimum absolute atomic E-state index is 0.0500. The fraction of sp³-hybridized carbons (Fsp3) is 0.462. The molecule has 0 radical (unpaired) electrons. The van der Waals surface area contributed by atoms with Crippen LogP contribution >= 0.6 is 0 Å². The van der Waals surface area contributed by atoms with Gasteiger partial charge in [-0.25, -0.2) is 0 Å². The molecule has 2 heteroatoms. The van der Waals surface area contributed by atoms with Gasteiger partial charge in [0.25, 0.3) is 0 Å². The monoisotopic (exact) mass is 206 g/mol. The Hall–Kier alpha value is -1.31. The van der Waals surface area contributed by atoms with Crippen LogP contribution in [0.15, 0.2) is 24.3 Å². The molecule has 0 amide bonds. The van der Waals surface area contributed by atoms with E-state index < -0.39 is 0 Å². The van der Waals surface area contributed by atoms with E-state index in [1.807, 2.05) is 18.2 Å². The van der Waals surface area contributed by atoms with Gasteiger partial charge < -0.3 is 4.74 Å². The average molecular weight is 206 g/mol. The second-order valence-electron chi connectivity index (χ2n) is 3.84. The Morgan fingerprint density at radius 1 is 1.40 bits per heavy atom. The van der Waals surface area contributed by atoms with Crippen molar-refractivity contribution in [1.29, 1.82) is 0 Å². The Morgan fingerprint density at radius 2 is 2.07 bits per heavy atom. The molecule has 82 valence electrons. The largest absolute Gasteiger partial charge is 0.486 e. The van der Waals surface area contributed by atoms with Crippen LogP contribution in [-0.2, 0) is 4.79 Å². The number of ether oxygens (including phenoxy) is 1. The summed E-state index contributed by atoms with van der Waals surface area (Å²) < 4.78 is 5.47. The number of carbonyl (C=O) groups excluding carboxylic acids is 1. The van der Waals surface area contributed by atoms with Gasteiger partial charge in [0.15, 0.2) is 5.78 Å². The van der Waals surface area contributed by atoms with E-state index in [-0.39, 0.29) is 12.4 Å². The maximum absolute atomic E-state index is 10.8. The fourth-order valence-electron chi connectivity index (χ4n) is 1.42. The van der Waals surface area contributed by atoms with E-state index in [1.54, 1.807) is 0 Å². The summed E-state index contributed by atoms with van der Waals surface area (Å²) in [6, 6.07) is 7.91. The smallest absolute Gasteiger partial charge is 0.167 e. The molecule has 0 N–H and O–H groups in total. The van der Waals surface area contributed by atoms with Crippen molar-refractivity contribution in [1.82, 2.24) is 0 Å². The minimum Gasteiger partial charge on any atom is -0.486 e. The van der Waals surface area contributed by atoms with Crippen LogP contribution < -0.4 is 4.74 Å². The Bertz CT molecular complexity index is 331. The van der Waals surface area contributed by atoms with Crippen LogP contribution in [0, 0.1) is 0 Å². The van der Waals surface area contributed by atoms with E-state index >= 15 is 0 Å². The second-order valence-corrected chi connectivity index (χ2v) is 3.84. The lowest BCUT2D eigenvalue weighted by Gasteiger charge is -2.14. The minimum atomic E-state index is 0.0500. The summed E-state index contributed by atoms with van der Waals surface area (Å²) in [5.41, 5.74) is 1.18. The SMILES string of the molecule is CCC(C)c1ccccc1OCC(C)=O. The highest BCUT2D eigenvalue weighted by molar-refractivity contribution is 5.77. The van der Waals surface area contributed by atoms with Gasteiger partial charge in [-0.1, -0.05) is 32.0 Å². The summed E-state index contributed by atoms with van der Waals surface area (Å²) in [5, 5.41) is 0. The molecule has 0 spiro atoms. The fourth-order valence-corrected chi connectivity index (χ4v) is 1.42. The van der Waals surface area contributed by atoms with Gasteiger partial charge >= 0.3 is 0 Å². The van der Waals surface area contributed by atoms with Crippen LogP contribution in [0.1, 0.15) is 38.7 Å². The highest BCUT2D eigenvalue weighted by atomic mass is 16.5. The lowest BCUT2D eigenvalue weighted by molar-refractivity contribution is -0.118. The van der Waals surface area contributed by atoms with Crippen molar-refractivity contribution < 1.29 is 9.53 Å². The summed E-state index contributed by atoms with van der Waals surface area (Å²) >= 11 is 0. The molecule has 0 saturated carbocycles. The molecular formula is C13H18O2. The topological polar surface area (TPSA) is 26.3 Å². The Morgan fingerprint density at radius 3 is 2.67 bits per heavy atom. The number of hydrogen-bond acceptors (Lipinski definition) is 2. The van der Waals surface area contributed by atoms with Crippen LogP contribution in [0.2, 0.25) is 0 Å². The molecule has 15 heavy (non-hydrogen) atoms. The molecule has 0 bridgehead atoms. The molecule has 1 unspecified atom stereocenters. The Kier molecular flexibility index (Phi) is 4.35. The number of benzene rings is 1. The predicted octanol–water partition coefficient (Wildman–Crippen LogP) is 3.17. The van der Waals surface area contributed by atoms with Crippen LogP contribution in [0.4, 0.5) is 0 Å². The van der Waals surface area contributed by atoms with Crippen LogP contribution in [-0.4, -0.2) is 12.4 Å².